The first-order valence-electron chi connectivity index (χ1n) is 6.75. The number of hydrogen-bond donors (Lipinski definition) is 1. The number of aromatic nitrogens is 6. The summed E-state index contributed by atoms with van der Waals surface area (Å²) in [6.07, 6.45) is 1.96. The van der Waals surface area contributed by atoms with Crippen molar-refractivity contribution in [1.82, 2.24) is 35.3 Å². The molecule has 0 fully saturated rings. The monoisotopic (exact) mass is 271 g/mol. The van der Waals surface area contributed by atoms with Crippen molar-refractivity contribution in [2.75, 3.05) is 6.54 Å². The quantitative estimate of drug-likeness (QED) is 0.719. The van der Waals surface area contributed by atoms with Crippen LogP contribution in [-0.4, -0.2) is 36.5 Å². The van der Waals surface area contributed by atoms with Crippen molar-refractivity contribution in [3.8, 4) is 0 Å². The van der Waals surface area contributed by atoms with Gasteiger partial charge in [0.2, 0.25) is 0 Å². The first-order chi connectivity index (χ1) is 9.86. The van der Waals surface area contributed by atoms with Crippen molar-refractivity contribution in [3.05, 3.63) is 36.2 Å². The first-order valence-corrected chi connectivity index (χ1v) is 6.75. The molecule has 20 heavy (non-hydrogen) atoms. The third kappa shape index (κ3) is 2.67. The van der Waals surface area contributed by atoms with E-state index < -0.39 is 0 Å². The highest BCUT2D eigenvalue weighted by Crippen LogP contribution is 2.09. The SMILES string of the molecule is CCNCc1cn(CCn2nnc3ccccc32)nn1. The summed E-state index contributed by atoms with van der Waals surface area (Å²) in [5.74, 6) is 0. The van der Waals surface area contributed by atoms with Crippen LogP contribution in [0.4, 0.5) is 0 Å². The number of hydrogen-bond acceptors (Lipinski definition) is 5. The van der Waals surface area contributed by atoms with Crippen LogP contribution in [0.1, 0.15) is 12.6 Å². The molecule has 104 valence electrons. The average Bonchev–Trinajstić information content (AvgIpc) is 3.10. The molecule has 0 amide bonds. The Kier molecular flexibility index (Phi) is 3.69. The molecule has 7 heteroatoms. The Hall–Kier alpha value is -2.28. The van der Waals surface area contributed by atoms with Gasteiger partial charge in [-0.25, -0.2) is 4.68 Å². The van der Waals surface area contributed by atoms with Crippen molar-refractivity contribution in [2.24, 2.45) is 0 Å². The van der Waals surface area contributed by atoms with Crippen molar-refractivity contribution in [1.29, 1.82) is 0 Å². The molecule has 0 aliphatic heterocycles. The highest BCUT2D eigenvalue weighted by Gasteiger charge is 2.04. The van der Waals surface area contributed by atoms with Gasteiger partial charge in [-0.15, -0.1) is 10.2 Å². The Balaban J connectivity index is 1.65. The van der Waals surface area contributed by atoms with E-state index in [4.69, 9.17) is 0 Å². The summed E-state index contributed by atoms with van der Waals surface area (Å²) in [5, 5.41) is 19.8. The molecule has 3 rings (SSSR count). The van der Waals surface area contributed by atoms with Gasteiger partial charge in [-0.2, -0.15) is 0 Å². The van der Waals surface area contributed by atoms with Gasteiger partial charge in [0.1, 0.15) is 5.52 Å². The molecule has 3 aromatic rings. The Morgan fingerprint density at radius 3 is 2.90 bits per heavy atom. The molecule has 7 nitrogen and oxygen atoms in total. The molecule has 0 radical (unpaired) electrons. The van der Waals surface area contributed by atoms with Gasteiger partial charge in [-0.3, -0.25) is 4.68 Å². The number of para-hydroxylation sites is 1. The fraction of sp³-hybridized carbons (Fsp3) is 0.385. The molecule has 0 aliphatic rings. The molecule has 0 aliphatic carbocycles. The van der Waals surface area contributed by atoms with E-state index in [2.05, 4.69) is 32.9 Å². The van der Waals surface area contributed by atoms with Crippen LogP contribution in [0.5, 0.6) is 0 Å². The third-order valence-electron chi connectivity index (χ3n) is 3.10. The molecular formula is C13H17N7. The van der Waals surface area contributed by atoms with Crippen LogP contribution < -0.4 is 5.32 Å². The number of fused-ring (bicyclic) bond motifs is 1. The molecule has 2 heterocycles. The highest BCUT2D eigenvalue weighted by molar-refractivity contribution is 5.73. The van der Waals surface area contributed by atoms with Crippen LogP contribution in [0.25, 0.3) is 11.0 Å². The first kappa shape index (κ1) is 12.7. The molecule has 0 saturated carbocycles. The number of rotatable bonds is 6. The number of nitrogens with zero attached hydrogens (tertiary/aromatic N) is 6. The lowest BCUT2D eigenvalue weighted by Gasteiger charge is -2.01. The maximum Gasteiger partial charge on any atom is 0.113 e. The minimum Gasteiger partial charge on any atom is -0.311 e. The number of benzene rings is 1. The maximum atomic E-state index is 4.16. The summed E-state index contributed by atoms with van der Waals surface area (Å²) in [7, 11) is 0. The zero-order valence-electron chi connectivity index (χ0n) is 11.4. The van der Waals surface area contributed by atoms with E-state index in [0.29, 0.717) is 0 Å². The molecule has 0 saturated heterocycles. The summed E-state index contributed by atoms with van der Waals surface area (Å²) in [6.45, 7) is 5.21. The lowest BCUT2D eigenvalue weighted by molar-refractivity contribution is 0.489. The minimum atomic E-state index is 0.727. The Labute approximate surface area is 116 Å². The van der Waals surface area contributed by atoms with E-state index >= 15 is 0 Å². The summed E-state index contributed by atoms with van der Waals surface area (Å²) < 4.78 is 3.73. The van der Waals surface area contributed by atoms with Crippen LogP contribution in [0, 0.1) is 0 Å². The lowest BCUT2D eigenvalue weighted by Crippen LogP contribution is -2.12. The van der Waals surface area contributed by atoms with Gasteiger partial charge in [0.05, 0.1) is 24.3 Å². The van der Waals surface area contributed by atoms with Gasteiger partial charge in [-0.1, -0.05) is 29.5 Å². The van der Waals surface area contributed by atoms with Gasteiger partial charge in [0, 0.05) is 12.7 Å². The Morgan fingerprint density at radius 2 is 2.00 bits per heavy atom. The van der Waals surface area contributed by atoms with Gasteiger partial charge in [0.25, 0.3) is 0 Å². The van der Waals surface area contributed by atoms with E-state index in [0.717, 1.165) is 42.9 Å². The smallest absolute Gasteiger partial charge is 0.113 e. The van der Waals surface area contributed by atoms with Gasteiger partial charge in [-0.05, 0) is 18.7 Å². The predicted octanol–water partition coefficient (Wildman–Crippen LogP) is 0.832. The van der Waals surface area contributed by atoms with Crippen molar-refractivity contribution >= 4 is 11.0 Å². The molecule has 1 aromatic carbocycles. The predicted molar refractivity (Wildman–Crippen MR) is 74.9 cm³/mol. The van der Waals surface area contributed by atoms with Crippen molar-refractivity contribution in [2.45, 2.75) is 26.6 Å². The van der Waals surface area contributed by atoms with E-state index in [1.165, 1.54) is 0 Å². The summed E-state index contributed by atoms with van der Waals surface area (Å²) in [4.78, 5) is 0. The van der Waals surface area contributed by atoms with Gasteiger partial charge in [0.15, 0.2) is 0 Å². The molecular weight excluding hydrogens is 254 g/mol. The zero-order chi connectivity index (χ0) is 13.8. The molecule has 0 bridgehead atoms. The third-order valence-corrected chi connectivity index (χ3v) is 3.10. The van der Waals surface area contributed by atoms with E-state index in [1.54, 1.807) is 0 Å². The fourth-order valence-electron chi connectivity index (χ4n) is 2.06. The summed E-state index contributed by atoms with van der Waals surface area (Å²) in [5.41, 5.74) is 2.91. The zero-order valence-corrected chi connectivity index (χ0v) is 11.4. The molecule has 0 spiro atoms. The van der Waals surface area contributed by atoms with Crippen molar-refractivity contribution in [3.63, 3.8) is 0 Å². The largest absolute Gasteiger partial charge is 0.311 e. The van der Waals surface area contributed by atoms with Crippen LogP contribution in [0.15, 0.2) is 30.5 Å². The fourth-order valence-corrected chi connectivity index (χ4v) is 2.06. The molecule has 1 N–H and O–H groups in total. The number of aryl methyl sites for hydroxylation is 2. The van der Waals surface area contributed by atoms with Gasteiger partial charge < -0.3 is 5.32 Å². The second-order valence-corrected chi connectivity index (χ2v) is 4.55. The summed E-state index contributed by atoms with van der Waals surface area (Å²) >= 11 is 0. The van der Waals surface area contributed by atoms with Gasteiger partial charge >= 0.3 is 0 Å². The average molecular weight is 271 g/mol. The van der Waals surface area contributed by atoms with Crippen LogP contribution in [0.2, 0.25) is 0 Å². The minimum absolute atomic E-state index is 0.727. The lowest BCUT2D eigenvalue weighted by atomic mass is 10.3. The molecule has 2 aromatic heterocycles. The Bertz CT molecular complexity index is 685. The van der Waals surface area contributed by atoms with E-state index in [-0.39, 0.29) is 0 Å². The summed E-state index contributed by atoms with van der Waals surface area (Å²) in [6, 6.07) is 7.94. The maximum absolute atomic E-state index is 4.16. The standard InChI is InChI=1S/C13H17N7/c1-2-14-9-11-10-19(17-15-11)7-8-20-13-6-4-3-5-12(13)16-18-20/h3-6,10,14H,2,7-9H2,1H3. The highest BCUT2D eigenvalue weighted by atomic mass is 15.5. The van der Waals surface area contributed by atoms with Crippen LogP contribution in [-0.2, 0) is 19.6 Å². The van der Waals surface area contributed by atoms with E-state index in [9.17, 15) is 0 Å². The van der Waals surface area contributed by atoms with E-state index in [1.807, 2.05) is 39.8 Å². The van der Waals surface area contributed by atoms with Crippen molar-refractivity contribution < 1.29 is 0 Å². The molecule has 0 unspecified atom stereocenters. The molecule has 0 atom stereocenters. The Morgan fingerprint density at radius 1 is 1.10 bits per heavy atom. The van der Waals surface area contributed by atoms with Crippen LogP contribution >= 0.6 is 0 Å². The number of nitrogens with one attached hydrogen (secondary N) is 1. The second kappa shape index (κ2) is 5.79. The normalized spacial score (nSPS) is 11.2. The second-order valence-electron chi connectivity index (χ2n) is 4.55. The van der Waals surface area contributed by atoms with Crippen LogP contribution in [0.3, 0.4) is 0 Å². The topological polar surface area (TPSA) is 73.5 Å².